The van der Waals surface area contributed by atoms with Crippen molar-refractivity contribution in [1.29, 1.82) is 0 Å². The van der Waals surface area contributed by atoms with Crippen LogP contribution in [0.1, 0.15) is 18.0 Å². The Balaban J connectivity index is 2.36. The standard InChI is InChI=1S/C9H11NO2/c11-8-3-1-2-6(9(8)12)7-4-5-10-7/h1-3,7,10-12H,4-5H2/t7-/m1/s1. The SMILES string of the molecule is Oc1cccc([C@H]2CCN2)c1O. The zero-order valence-corrected chi connectivity index (χ0v) is 6.62. The van der Waals surface area contributed by atoms with Crippen LogP contribution in [0.25, 0.3) is 0 Å². The second-order valence-corrected chi connectivity index (χ2v) is 3.01. The molecule has 1 atom stereocenters. The van der Waals surface area contributed by atoms with Crippen molar-refractivity contribution in [2.24, 2.45) is 0 Å². The summed E-state index contributed by atoms with van der Waals surface area (Å²) in [5.41, 5.74) is 0.793. The maximum Gasteiger partial charge on any atom is 0.162 e. The Labute approximate surface area is 70.7 Å². The fourth-order valence-corrected chi connectivity index (χ4v) is 1.38. The maximum absolute atomic E-state index is 9.44. The van der Waals surface area contributed by atoms with Gasteiger partial charge in [-0.1, -0.05) is 12.1 Å². The molecule has 1 heterocycles. The lowest BCUT2D eigenvalue weighted by Crippen LogP contribution is -2.34. The van der Waals surface area contributed by atoms with E-state index in [1.54, 1.807) is 6.07 Å². The molecule has 1 saturated heterocycles. The summed E-state index contributed by atoms with van der Waals surface area (Å²) < 4.78 is 0. The van der Waals surface area contributed by atoms with Gasteiger partial charge in [0.2, 0.25) is 0 Å². The highest BCUT2D eigenvalue weighted by molar-refractivity contribution is 5.46. The second-order valence-electron chi connectivity index (χ2n) is 3.01. The molecule has 64 valence electrons. The number of nitrogens with one attached hydrogen (secondary N) is 1. The van der Waals surface area contributed by atoms with Crippen molar-refractivity contribution < 1.29 is 10.2 Å². The molecule has 1 fully saturated rings. The molecule has 3 heteroatoms. The van der Waals surface area contributed by atoms with Crippen LogP contribution in [-0.4, -0.2) is 16.8 Å². The van der Waals surface area contributed by atoms with Gasteiger partial charge >= 0.3 is 0 Å². The van der Waals surface area contributed by atoms with Crippen LogP contribution >= 0.6 is 0 Å². The second kappa shape index (κ2) is 2.68. The Morgan fingerprint density at radius 2 is 2.08 bits per heavy atom. The smallest absolute Gasteiger partial charge is 0.162 e. The van der Waals surface area contributed by atoms with Gasteiger partial charge in [0.1, 0.15) is 0 Å². The Bertz CT molecular complexity index is 295. The summed E-state index contributed by atoms with van der Waals surface area (Å²) in [6, 6.07) is 5.27. The van der Waals surface area contributed by atoms with Crippen LogP contribution in [0.4, 0.5) is 0 Å². The molecule has 3 nitrogen and oxygen atoms in total. The fraction of sp³-hybridized carbons (Fsp3) is 0.333. The normalized spacial score (nSPS) is 21.8. The highest BCUT2D eigenvalue weighted by Crippen LogP contribution is 2.35. The van der Waals surface area contributed by atoms with Gasteiger partial charge < -0.3 is 15.5 Å². The first-order valence-corrected chi connectivity index (χ1v) is 4.03. The average Bonchev–Trinajstić information content (AvgIpc) is 1.95. The molecule has 1 aliphatic rings. The van der Waals surface area contributed by atoms with E-state index >= 15 is 0 Å². The Morgan fingerprint density at radius 3 is 2.67 bits per heavy atom. The van der Waals surface area contributed by atoms with Crippen LogP contribution in [0.5, 0.6) is 11.5 Å². The lowest BCUT2D eigenvalue weighted by atomic mass is 9.97. The molecule has 0 bridgehead atoms. The Morgan fingerprint density at radius 1 is 1.33 bits per heavy atom. The van der Waals surface area contributed by atoms with Crippen molar-refractivity contribution in [2.45, 2.75) is 12.5 Å². The number of benzene rings is 1. The van der Waals surface area contributed by atoms with Gasteiger partial charge in [-0.05, 0) is 19.0 Å². The first-order chi connectivity index (χ1) is 5.79. The molecule has 0 spiro atoms. The predicted molar refractivity (Wildman–Crippen MR) is 45.1 cm³/mol. The van der Waals surface area contributed by atoms with E-state index in [9.17, 15) is 10.2 Å². The van der Waals surface area contributed by atoms with Gasteiger partial charge in [-0.3, -0.25) is 0 Å². The van der Waals surface area contributed by atoms with E-state index in [1.807, 2.05) is 6.07 Å². The first-order valence-electron chi connectivity index (χ1n) is 4.03. The largest absolute Gasteiger partial charge is 0.504 e. The molecule has 0 aliphatic carbocycles. The summed E-state index contributed by atoms with van der Waals surface area (Å²) >= 11 is 0. The van der Waals surface area contributed by atoms with E-state index in [0.29, 0.717) is 0 Å². The van der Waals surface area contributed by atoms with Gasteiger partial charge in [-0.2, -0.15) is 0 Å². The molecule has 0 amide bonds. The van der Waals surface area contributed by atoms with E-state index in [4.69, 9.17) is 0 Å². The quantitative estimate of drug-likeness (QED) is 0.547. The van der Waals surface area contributed by atoms with Crippen LogP contribution in [0.2, 0.25) is 0 Å². The number of aromatic hydroxyl groups is 2. The summed E-state index contributed by atoms with van der Waals surface area (Å²) in [5, 5.41) is 21.8. The van der Waals surface area contributed by atoms with Gasteiger partial charge in [-0.25, -0.2) is 0 Å². The number of para-hydroxylation sites is 1. The third-order valence-corrected chi connectivity index (χ3v) is 2.25. The molecule has 1 aliphatic heterocycles. The highest BCUT2D eigenvalue weighted by atomic mass is 16.3. The molecule has 1 aromatic carbocycles. The molecule has 0 saturated carbocycles. The average molecular weight is 165 g/mol. The van der Waals surface area contributed by atoms with Crippen molar-refractivity contribution in [3.63, 3.8) is 0 Å². The van der Waals surface area contributed by atoms with Gasteiger partial charge in [0, 0.05) is 11.6 Å². The Kier molecular flexibility index (Phi) is 1.66. The number of hydrogen-bond donors (Lipinski definition) is 3. The molecule has 0 radical (unpaired) electrons. The zero-order chi connectivity index (χ0) is 8.55. The minimum absolute atomic E-state index is 0.00898. The number of phenols is 2. The minimum atomic E-state index is -0.0406. The maximum atomic E-state index is 9.44. The van der Waals surface area contributed by atoms with Crippen LogP contribution < -0.4 is 5.32 Å². The van der Waals surface area contributed by atoms with Crippen LogP contribution in [0.15, 0.2) is 18.2 Å². The number of hydrogen-bond acceptors (Lipinski definition) is 3. The van der Waals surface area contributed by atoms with Gasteiger partial charge in [-0.15, -0.1) is 0 Å². The van der Waals surface area contributed by atoms with Crippen LogP contribution in [0, 0.1) is 0 Å². The molecular weight excluding hydrogens is 154 g/mol. The lowest BCUT2D eigenvalue weighted by Gasteiger charge is -2.28. The molecule has 0 unspecified atom stereocenters. The first kappa shape index (κ1) is 7.43. The summed E-state index contributed by atoms with van der Waals surface area (Å²) in [5.74, 6) is -0.0316. The predicted octanol–water partition coefficient (Wildman–Crippen LogP) is 1.13. The molecule has 3 N–H and O–H groups in total. The summed E-state index contributed by atoms with van der Waals surface area (Å²) in [4.78, 5) is 0. The van der Waals surface area contributed by atoms with Gasteiger partial charge in [0.05, 0.1) is 0 Å². The van der Waals surface area contributed by atoms with Crippen molar-refractivity contribution in [3.05, 3.63) is 23.8 Å². The number of rotatable bonds is 1. The molecule has 1 aromatic rings. The summed E-state index contributed by atoms with van der Waals surface area (Å²) in [7, 11) is 0. The third kappa shape index (κ3) is 1.02. The van der Waals surface area contributed by atoms with Crippen molar-refractivity contribution in [1.82, 2.24) is 5.32 Å². The van der Waals surface area contributed by atoms with E-state index < -0.39 is 0 Å². The lowest BCUT2D eigenvalue weighted by molar-refractivity contribution is 0.350. The van der Waals surface area contributed by atoms with E-state index in [2.05, 4.69) is 5.32 Å². The monoisotopic (exact) mass is 165 g/mol. The van der Waals surface area contributed by atoms with Crippen molar-refractivity contribution in [2.75, 3.05) is 6.54 Å². The highest BCUT2D eigenvalue weighted by Gasteiger charge is 2.22. The molecule has 2 rings (SSSR count). The van der Waals surface area contributed by atoms with Gasteiger partial charge in [0.15, 0.2) is 11.5 Å². The minimum Gasteiger partial charge on any atom is -0.504 e. The zero-order valence-electron chi connectivity index (χ0n) is 6.62. The van der Waals surface area contributed by atoms with Crippen molar-refractivity contribution in [3.8, 4) is 11.5 Å². The molecular formula is C9H11NO2. The van der Waals surface area contributed by atoms with Crippen LogP contribution in [-0.2, 0) is 0 Å². The Hall–Kier alpha value is -1.22. The van der Waals surface area contributed by atoms with E-state index in [0.717, 1.165) is 18.5 Å². The number of phenolic OH excluding ortho intramolecular Hbond substituents is 2. The fourth-order valence-electron chi connectivity index (χ4n) is 1.38. The van der Waals surface area contributed by atoms with E-state index in [-0.39, 0.29) is 17.5 Å². The molecule has 0 aromatic heterocycles. The van der Waals surface area contributed by atoms with E-state index in [1.165, 1.54) is 6.07 Å². The molecule has 12 heavy (non-hydrogen) atoms. The van der Waals surface area contributed by atoms with Crippen molar-refractivity contribution >= 4 is 0 Å². The third-order valence-electron chi connectivity index (χ3n) is 2.25. The summed E-state index contributed by atoms with van der Waals surface area (Å²) in [6.07, 6.45) is 1.02. The van der Waals surface area contributed by atoms with Gasteiger partial charge in [0.25, 0.3) is 0 Å². The summed E-state index contributed by atoms with van der Waals surface area (Å²) in [6.45, 7) is 0.986. The topological polar surface area (TPSA) is 52.5 Å². The van der Waals surface area contributed by atoms with Crippen LogP contribution in [0.3, 0.4) is 0 Å².